The van der Waals surface area contributed by atoms with E-state index in [-0.39, 0.29) is 34.7 Å². The van der Waals surface area contributed by atoms with Crippen LogP contribution in [0.3, 0.4) is 0 Å². The third kappa shape index (κ3) is 8.03. The molecular formula is C39H39N7O3. The molecule has 0 saturated carbocycles. The smallest absolute Gasteiger partial charge is 0.256 e. The van der Waals surface area contributed by atoms with Crippen LogP contribution in [0.4, 0.5) is 5.88 Å². The highest BCUT2D eigenvalue weighted by Gasteiger charge is 2.31. The first kappa shape index (κ1) is 34.1. The molecular weight excluding hydrogens is 614 g/mol. The Labute approximate surface area is 285 Å². The highest BCUT2D eigenvalue weighted by molar-refractivity contribution is 6.20. The second-order valence-corrected chi connectivity index (χ2v) is 13.5. The summed E-state index contributed by atoms with van der Waals surface area (Å²) in [7, 11) is 0. The van der Waals surface area contributed by atoms with E-state index in [1.165, 1.54) is 6.21 Å². The average Bonchev–Trinajstić information content (AvgIpc) is 3.12. The Bertz CT molecular complexity index is 2250. The summed E-state index contributed by atoms with van der Waals surface area (Å²) in [5.41, 5.74) is 20.7. The van der Waals surface area contributed by atoms with Crippen LogP contribution in [0.1, 0.15) is 84.5 Å². The number of guanidine groups is 1. The summed E-state index contributed by atoms with van der Waals surface area (Å²) in [5, 5.41) is 11.4. The number of fused-ring (bicyclic) bond motifs is 3. The van der Waals surface area contributed by atoms with Crippen molar-refractivity contribution in [2.45, 2.75) is 52.6 Å². The number of anilines is 1. The molecule has 0 unspecified atom stereocenters. The predicted molar refractivity (Wildman–Crippen MR) is 195 cm³/mol. The zero-order chi connectivity index (χ0) is 35.5. The second kappa shape index (κ2) is 13.5. The van der Waals surface area contributed by atoms with E-state index < -0.39 is 11.1 Å². The van der Waals surface area contributed by atoms with Gasteiger partial charge < -0.3 is 26.9 Å². The van der Waals surface area contributed by atoms with Crippen LogP contribution in [-0.4, -0.2) is 34.9 Å². The zero-order valence-electron chi connectivity index (χ0n) is 28.4. The van der Waals surface area contributed by atoms with Gasteiger partial charge in [0.05, 0.1) is 28.1 Å². The zero-order valence-corrected chi connectivity index (χ0v) is 28.4. The Hall–Kier alpha value is -6.21. The highest BCUT2D eigenvalue weighted by Crippen LogP contribution is 2.39. The minimum atomic E-state index is -0.611. The van der Waals surface area contributed by atoms with Gasteiger partial charge in [-0.15, -0.1) is 5.10 Å². The third-order valence-corrected chi connectivity index (χ3v) is 7.10. The molecule has 3 aromatic rings. The maximum atomic E-state index is 14.4. The second-order valence-electron chi connectivity index (χ2n) is 13.5. The lowest BCUT2D eigenvalue weighted by Gasteiger charge is -2.20. The fraction of sp³-hybridized carbons (Fsp3) is 0.205. The van der Waals surface area contributed by atoms with Crippen LogP contribution in [0.2, 0.25) is 0 Å². The molecule has 0 atom stereocenters. The van der Waals surface area contributed by atoms with Crippen LogP contribution in [0.5, 0.6) is 0 Å². The number of carbonyl (C=O) groups is 2. The number of nitrogens with zero attached hydrogens (tertiary/aromatic N) is 3. The van der Waals surface area contributed by atoms with E-state index in [9.17, 15) is 9.59 Å². The van der Waals surface area contributed by atoms with Gasteiger partial charge >= 0.3 is 0 Å². The van der Waals surface area contributed by atoms with Crippen LogP contribution in [-0.2, 0) is 0 Å². The number of ketones is 1. The first-order chi connectivity index (χ1) is 23.1. The van der Waals surface area contributed by atoms with Crippen molar-refractivity contribution in [1.29, 1.82) is 0 Å². The van der Waals surface area contributed by atoms with Crippen LogP contribution < -0.4 is 27.9 Å². The van der Waals surface area contributed by atoms with E-state index in [1.54, 1.807) is 18.2 Å². The first-order valence-electron chi connectivity index (χ1n) is 15.7. The molecule has 0 saturated heterocycles. The number of nitrogens with two attached hydrogens (primary N) is 3. The van der Waals surface area contributed by atoms with Gasteiger partial charge in [-0.2, -0.15) is 5.10 Å². The Morgan fingerprint density at radius 2 is 1.47 bits per heavy atom. The number of hydrogen-bond acceptors (Lipinski definition) is 7. The molecule has 0 bridgehead atoms. The number of benzene rings is 2. The minimum absolute atomic E-state index is 0.112. The van der Waals surface area contributed by atoms with Gasteiger partial charge in [0.25, 0.3) is 5.91 Å². The molecule has 0 spiro atoms. The molecule has 1 heterocycles. The number of nitrogen functional groups attached to an aromatic ring is 1. The molecule has 7 N–H and O–H groups in total. The van der Waals surface area contributed by atoms with Crippen LogP contribution in [0, 0.1) is 11.8 Å². The number of rotatable bonds is 5. The molecule has 0 aliphatic heterocycles. The number of carbonyl (C=O) groups excluding carboxylic acids is 2. The summed E-state index contributed by atoms with van der Waals surface area (Å²) in [6.45, 7) is 11.5. The predicted octanol–water partition coefficient (Wildman–Crippen LogP) is 5.59. The Morgan fingerprint density at radius 3 is 2.12 bits per heavy atom. The van der Waals surface area contributed by atoms with E-state index >= 15 is 0 Å². The average molecular weight is 654 g/mol. The van der Waals surface area contributed by atoms with Gasteiger partial charge in [0.2, 0.25) is 17.6 Å². The van der Waals surface area contributed by atoms with E-state index in [0.717, 1.165) is 11.1 Å². The molecule has 0 radical (unpaired) electrons. The van der Waals surface area contributed by atoms with Gasteiger partial charge in [0.1, 0.15) is 5.56 Å². The summed E-state index contributed by atoms with van der Waals surface area (Å²) >= 11 is 0. The van der Waals surface area contributed by atoms with Crippen molar-refractivity contribution in [3.63, 3.8) is 0 Å². The SMILES string of the molecule is CC(C)(C)N=c1c(C(=O)c2cccc(C#Cc3cccc(C=NN=C(N)N)c3)c2)c(N)oc2c(C(=O)NC(C)(C)C)c3cccccc-3c12. The maximum absolute atomic E-state index is 14.4. The lowest BCUT2D eigenvalue weighted by molar-refractivity contribution is 0.0920. The first-order valence-corrected chi connectivity index (χ1v) is 15.7. The van der Waals surface area contributed by atoms with E-state index in [4.69, 9.17) is 26.6 Å². The normalized spacial score (nSPS) is 12.2. The molecule has 1 aromatic heterocycles. The van der Waals surface area contributed by atoms with Crippen molar-refractivity contribution in [2.75, 3.05) is 5.73 Å². The molecule has 49 heavy (non-hydrogen) atoms. The molecule has 2 aliphatic carbocycles. The van der Waals surface area contributed by atoms with Crippen molar-refractivity contribution in [3.05, 3.63) is 118 Å². The van der Waals surface area contributed by atoms with E-state index in [0.29, 0.717) is 38.6 Å². The molecule has 0 fully saturated rings. The van der Waals surface area contributed by atoms with Gasteiger partial charge in [-0.05, 0) is 82.5 Å². The van der Waals surface area contributed by atoms with Crippen molar-refractivity contribution in [3.8, 4) is 23.0 Å². The lowest BCUT2D eigenvalue weighted by atomic mass is 9.99. The quantitative estimate of drug-likeness (QED) is 0.0633. The van der Waals surface area contributed by atoms with Crippen molar-refractivity contribution < 1.29 is 14.0 Å². The maximum Gasteiger partial charge on any atom is 0.256 e. The Kier molecular flexibility index (Phi) is 9.40. The number of nitrogens with one attached hydrogen (secondary N) is 1. The number of amides is 1. The summed E-state index contributed by atoms with van der Waals surface area (Å²) < 4.78 is 6.24. The standard InChI is InChI=1S/C39H39N7O3/c1-38(2,3)44-32-29-27-16-8-7-9-17-28(27)30(36(48)45-39(4,5)6)34(29)49-35(40)31(32)33(47)26-15-11-13-24(21-26)19-18-23-12-10-14-25(20-23)22-43-46-37(41)42/h7-17,20-22H,40H2,1-6H3,(H,45,48)(H4,41,42,46). The Balaban J connectivity index is 1.66. The monoisotopic (exact) mass is 653 g/mol. The highest BCUT2D eigenvalue weighted by atomic mass is 16.3. The third-order valence-electron chi connectivity index (χ3n) is 7.10. The van der Waals surface area contributed by atoms with Crippen LogP contribution >= 0.6 is 0 Å². The Morgan fingerprint density at radius 1 is 0.816 bits per heavy atom. The van der Waals surface area contributed by atoms with Crippen molar-refractivity contribution >= 4 is 40.7 Å². The largest absolute Gasteiger partial charge is 0.439 e. The molecule has 1 amide bonds. The van der Waals surface area contributed by atoms with Crippen molar-refractivity contribution in [2.24, 2.45) is 26.7 Å². The summed E-state index contributed by atoms with van der Waals surface area (Å²) in [6.07, 6.45) is 1.52. The molecule has 248 valence electrons. The molecule has 10 nitrogen and oxygen atoms in total. The number of hydrogen-bond donors (Lipinski definition) is 4. The van der Waals surface area contributed by atoms with E-state index in [1.807, 2.05) is 102 Å². The fourth-order valence-corrected chi connectivity index (χ4v) is 5.27. The van der Waals surface area contributed by atoms with Crippen LogP contribution in [0.25, 0.3) is 22.1 Å². The van der Waals surface area contributed by atoms with Gasteiger partial charge in [0.15, 0.2) is 5.58 Å². The lowest BCUT2D eigenvalue weighted by Crippen LogP contribution is -2.40. The summed E-state index contributed by atoms with van der Waals surface area (Å²) in [4.78, 5) is 33.2. The van der Waals surface area contributed by atoms with Gasteiger partial charge in [-0.25, -0.2) is 0 Å². The molecule has 5 rings (SSSR count). The molecule has 2 aromatic carbocycles. The van der Waals surface area contributed by atoms with Gasteiger partial charge in [-0.1, -0.05) is 66.4 Å². The van der Waals surface area contributed by atoms with Crippen LogP contribution in [0.15, 0.2) is 98.5 Å². The van der Waals surface area contributed by atoms with Gasteiger partial charge in [-0.3, -0.25) is 14.6 Å². The minimum Gasteiger partial charge on any atom is -0.439 e. The van der Waals surface area contributed by atoms with Crippen molar-refractivity contribution in [1.82, 2.24) is 5.32 Å². The summed E-state index contributed by atoms with van der Waals surface area (Å²) in [6, 6.07) is 23.7. The van der Waals surface area contributed by atoms with E-state index in [2.05, 4.69) is 27.4 Å². The molecule has 2 aliphatic rings. The summed E-state index contributed by atoms with van der Waals surface area (Å²) in [5.74, 6) is 5.28. The molecule has 10 heteroatoms. The topological polar surface area (TPSA) is 174 Å². The van der Waals surface area contributed by atoms with Gasteiger partial charge in [0, 0.05) is 22.2 Å². The fourth-order valence-electron chi connectivity index (χ4n) is 5.27.